The highest BCUT2D eigenvalue weighted by atomic mass is 16.5. The van der Waals surface area contributed by atoms with Crippen LogP contribution in [0.25, 0.3) is 0 Å². The van der Waals surface area contributed by atoms with E-state index in [0.29, 0.717) is 17.8 Å². The Kier molecular flexibility index (Phi) is 4.17. The molecule has 1 aromatic rings. The Bertz CT molecular complexity index is 404. The number of carbonyl (C=O) groups is 1. The van der Waals surface area contributed by atoms with E-state index in [4.69, 9.17) is 4.74 Å². The molecular formula is C12H18N2O3. The van der Waals surface area contributed by atoms with Crippen LogP contribution >= 0.6 is 0 Å². The molecule has 0 saturated carbocycles. The van der Waals surface area contributed by atoms with Crippen molar-refractivity contribution in [2.75, 3.05) is 7.11 Å². The highest BCUT2D eigenvalue weighted by Gasteiger charge is 2.40. The molecule has 0 aliphatic heterocycles. The Morgan fingerprint density at radius 1 is 1.53 bits per heavy atom. The first-order chi connectivity index (χ1) is 7.95. The summed E-state index contributed by atoms with van der Waals surface area (Å²) >= 11 is 0. The fraction of sp³-hybridized carbons (Fsp3) is 0.583. The Morgan fingerprint density at radius 2 is 2.12 bits per heavy atom. The van der Waals surface area contributed by atoms with Gasteiger partial charge in [0.05, 0.1) is 24.4 Å². The highest BCUT2D eigenvalue weighted by molar-refractivity contribution is 5.73. The number of aryl methyl sites for hydroxylation is 1. The fourth-order valence-corrected chi connectivity index (χ4v) is 2.01. The second kappa shape index (κ2) is 5.23. The van der Waals surface area contributed by atoms with Crippen LogP contribution in [0, 0.1) is 12.8 Å². The quantitative estimate of drug-likeness (QED) is 0.798. The fourth-order valence-electron chi connectivity index (χ4n) is 2.01. The molecule has 0 fully saturated rings. The van der Waals surface area contributed by atoms with Crippen LogP contribution in [-0.4, -0.2) is 28.2 Å². The maximum Gasteiger partial charge on any atom is 0.311 e. The second-order valence-corrected chi connectivity index (χ2v) is 4.12. The Morgan fingerprint density at radius 3 is 2.59 bits per heavy atom. The van der Waals surface area contributed by atoms with E-state index >= 15 is 0 Å². The summed E-state index contributed by atoms with van der Waals surface area (Å²) in [5, 5.41) is 10.5. The van der Waals surface area contributed by atoms with Crippen LogP contribution < -0.4 is 0 Å². The minimum absolute atomic E-state index is 0.414. The molecule has 0 amide bonds. The molecule has 1 rings (SSSR count). The molecule has 0 aliphatic rings. The molecule has 0 aromatic carbocycles. The van der Waals surface area contributed by atoms with Crippen molar-refractivity contribution in [1.82, 2.24) is 9.97 Å². The lowest BCUT2D eigenvalue weighted by Gasteiger charge is -2.30. The molecular weight excluding hydrogens is 220 g/mol. The summed E-state index contributed by atoms with van der Waals surface area (Å²) in [7, 11) is 1.31. The average molecular weight is 238 g/mol. The van der Waals surface area contributed by atoms with Crippen molar-refractivity contribution in [2.24, 2.45) is 5.92 Å². The molecule has 94 valence electrons. The molecule has 1 aromatic heterocycles. The van der Waals surface area contributed by atoms with Gasteiger partial charge < -0.3 is 9.84 Å². The Labute approximate surface area is 101 Å². The van der Waals surface area contributed by atoms with Gasteiger partial charge in [-0.1, -0.05) is 6.92 Å². The summed E-state index contributed by atoms with van der Waals surface area (Å²) < 4.78 is 4.70. The van der Waals surface area contributed by atoms with E-state index in [1.807, 2.05) is 6.92 Å². The van der Waals surface area contributed by atoms with Crippen molar-refractivity contribution in [1.29, 1.82) is 0 Å². The molecule has 0 aliphatic carbocycles. The molecule has 0 spiro atoms. The summed E-state index contributed by atoms with van der Waals surface area (Å²) in [4.78, 5) is 19.8. The van der Waals surface area contributed by atoms with Crippen LogP contribution in [-0.2, 0) is 15.1 Å². The lowest BCUT2D eigenvalue weighted by Crippen LogP contribution is -2.39. The van der Waals surface area contributed by atoms with Gasteiger partial charge in [-0.3, -0.25) is 14.8 Å². The van der Waals surface area contributed by atoms with Crippen molar-refractivity contribution < 1.29 is 14.6 Å². The van der Waals surface area contributed by atoms with E-state index < -0.39 is 17.5 Å². The van der Waals surface area contributed by atoms with Crippen molar-refractivity contribution in [3.05, 3.63) is 23.8 Å². The lowest BCUT2D eigenvalue weighted by molar-refractivity contribution is -0.156. The molecule has 2 unspecified atom stereocenters. The summed E-state index contributed by atoms with van der Waals surface area (Å²) in [5.74, 6) is -1.09. The highest BCUT2D eigenvalue weighted by Crippen LogP contribution is 2.32. The van der Waals surface area contributed by atoms with Gasteiger partial charge in [0.15, 0.2) is 0 Å². The topological polar surface area (TPSA) is 72.3 Å². The third-order valence-corrected chi connectivity index (χ3v) is 2.93. The molecule has 1 N–H and O–H groups in total. The van der Waals surface area contributed by atoms with Crippen molar-refractivity contribution in [3.63, 3.8) is 0 Å². The first-order valence-electron chi connectivity index (χ1n) is 5.53. The first kappa shape index (κ1) is 13.6. The van der Waals surface area contributed by atoms with Crippen LogP contribution in [0.5, 0.6) is 0 Å². The molecule has 0 saturated heterocycles. The number of nitrogens with zero attached hydrogens (tertiary/aromatic N) is 2. The lowest BCUT2D eigenvalue weighted by atomic mass is 9.83. The standard InChI is InChI=1S/C12H18N2O3/c1-5-9(11(15)17-4)12(3,16)10-8(2)13-6-7-14-10/h6-7,9,16H,5H2,1-4H3. The smallest absolute Gasteiger partial charge is 0.311 e. The van der Waals surface area contributed by atoms with Crippen LogP contribution in [0.3, 0.4) is 0 Å². The Hall–Kier alpha value is -1.49. The second-order valence-electron chi connectivity index (χ2n) is 4.12. The van der Waals surface area contributed by atoms with E-state index in [1.54, 1.807) is 20.0 Å². The molecule has 0 radical (unpaired) electrons. The molecule has 5 heteroatoms. The van der Waals surface area contributed by atoms with E-state index in [-0.39, 0.29) is 0 Å². The van der Waals surface area contributed by atoms with Gasteiger partial charge in [-0.15, -0.1) is 0 Å². The largest absolute Gasteiger partial charge is 0.469 e. The predicted molar refractivity (Wildman–Crippen MR) is 62.1 cm³/mol. The number of ether oxygens (including phenoxy) is 1. The van der Waals surface area contributed by atoms with Crippen LogP contribution in [0.1, 0.15) is 31.7 Å². The Balaban J connectivity index is 3.17. The minimum atomic E-state index is -1.37. The number of hydrogen-bond donors (Lipinski definition) is 1. The zero-order chi connectivity index (χ0) is 13.1. The predicted octanol–water partition coefficient (Wildman–Crippen LogP) is 1.19. The maximum absolute atomic E-state index is 11.6. The van der Waals surface area contributed by atoms with E-state index in [1.165, 1.54) is 13.3 Å². The molecule has 0 bridgehead atoms. The van der Waals surface area contributed by atoms with Gasteiger partial charge in [-0.2, -0.15) is 0 Å². The summed E-state index contributed by atoms with van der Waals surface area (Å²) in [6, 6.07) is 0. The van der Waals surface area contributed by atoms with Crippen LogP contribution in [0.15, 0.2) is 12.4 Å². The van der Waals surface area contributed by atoms with Gasteiger partial charge in [-0.25, -0.2) is 0 Å². The van der Waals surface area contributed by atoms with Crippen LogP contribution in [0.4, 0.5) is 0 Å². The number of methoxy groups -OCH3 is 1. The molecule has 1 heterocycles. The van der Waals surface area contributed by atoms with Crippen molar-refractivity contribution in [3.8, 4) is 0 Å². The van der Waals surface area contributed by atoms with Gasteiger partial charge in [0, 0.05) is 12.4 Å². The minimum Gasteiger partial charge on any atom is -0.469 e. The average Bonchev–Trinajstić information content (AvgIpc) is 2.29. The normalized spacial score (nSPS) is 16.1. The summed E-state index contributed by atoms with van der Waals surface area (Å²) in [5.41, 5.74) is -0.350. The van der Waals surface area contributed by atoms with Gasteiger partial charge in [-0.05, 0) is 20.3 Å². The van der Waals surface area contributed by atoms with Gasteiger partial charge in [0.1, 0.15) is 5.60 Å². The van der Waals surface area contributed by atoms with Gasteiger partial charge in [0.2, 0.25) is 0 Å². The first-order valence-corrected chi connectivity index (χ1v) is 5.53. The van der Waals surface area contributed by atoms with Crippen molar-refractivity contribution in [2.45, 2.75) is 32.8 Å². The summed E-state index contributed by atoms with van der Waals surface area (Å²) in [6.07, 6.45) is 3.52. The molecule has 17 heavy (non-hydrogen) atoms. The number of rotatable bonds is 4. The van der Waals surface area contributed by atoms with E-state index in [9.17, 15) is 9.90 Å². The van der Waals surface area contributed by atoms with Crippen molar-refractivity contribution >= 4 is 5.97 Å². The number of hydrogen-bond acceptors (Lipinski definition) is 5. The third kappa shape index (κ3) is 2.61. The summed E-state index contributed by atoms with van der Waals surface area (Å²) in [6.45, 7) is 5.14. The van der Waals surface area contributed by atoms with E-state index in [0.717, 1.165) is 0 Å². The van der Waals surface area contributed by atoms with Gasteiger partial charge >= 0.3 is 5.97 Å². The monoisotopic (exact) mass is 238 g/mol. The van der Waals surface area contributed by atoms with E-state index in [2.05, 4.69) is 9.97 Å². The SMILES string of the molecule is CCC(C(=O)OC)C(C)(O)c1nccnc1C. The maximum atomic E-state index is 11.6. The zero-order valence-corrected chi connectivity index (χ0v) is 10.6. The molecule has 5 nitrogen and oxygen atoms in total. The van der Waals surface area contributed by atoms with Gasteiger partial charge in [0.25, 0.3) is 0 Å². The number of aromatic nitrogens is 2. The number of carbonyl (C=O) groups excluding carboxylic acids is 1. The molecule has 2 atom stereocenters. The zero-order valence-electron chi connectivity index (χ0n) is 10.6. The third-order valence-electron chi connectivity index (χ3n) is 2.93. The van der Waals surface area contributed by atoms with Crippen LogP contribution in [0.2, 0.25) is 0 Å². The number of esters is 1. The number of aliphatic hydroxyl groups is 1.